The number of carbonyl (C=O) groups is 2. The Morgan fingerprint density at radius 1 is 1.58 bits per heavy atom. The van der Waals surface area contributed by atoms with Crippen LogP contribution in [0.25, 0.3) is 0 Å². The van der Waals surface area contributed by atoms with Crippen molar-refractivity contribution in [1.29, 1.82) is 0 Å². The van der Waals surface area contributed by atoms with E-state index in [0.29, 0.717) is 4.60 Å². The zero-order valence-corrected chi connectivity index (χ0v) is 12.7. The average Bonchev–Trinajstić information content (AvgIpc) is 2.26. The van der Waals surface area contributed by atoms with Gasteiger partial charge in [0.25, 0.3) is 0 Å². The van der Waals surface area contributed by atoms with Gasteiger partial charge in [-0.05, 0) is 42.8 Å². The number of hydrogen-bond acceptors (Lipinski definition) is 4. The largest absolute Gasteiger partial charge is 0.444 e. The number of nitrogens with zero attached hydrogens (tertiary/aromatic N) is 1. The molecule has 0 spiro atoms. The van der Waals surface area contributed by atoms with Crippen LogP contribution in [0.2, 0.25) is 0 Å². The zero-order valence-electron chi connectivity index (χ0n) is 11.1. The Hall–Kier alpha value is -1.43. The number of nitrogens with one attached hydrogen (secondary N) is 1. The lowest BCUT2D eigenvalue weighted by molar-refractivity contribution is -0.108. The van der Waals surface area contributed by atoms with Gasteiger partial charge in [-0.15, -0.1) is 0 Å². The number of rotatable bonds is 4. The summed E-state index contributed by atoms with van der Waals surface area (Å²) in [6.45, 7) is 5.34. The molecule has 0 aromatic carbocycles. The molecule has 0 aliphatic rings. The van der Waals surface area contributed by atoms with E-state index >= 15 is 0 Å². The van der Waals surface area contributed by atoms with Crippen molar-refractivity contribution in [1.82, 2.24) is 10.3 Å². The van der Waals surface area contributed by atoms with E-state index in [-0.39, 0.29) is 6.42 Å². The molecule has 0 aliphatic heterocycles. The molecule has 0 aliphatic carbocycles. The van der Waals surface area contributed by atoms with Crippen molar-refractivity contribution >= 4 is 28.3 Å². The molecule has 1 amide bonds. The third-order valence-corrected chi connectivity index (χ3v) is 2.85. The fourth-order valence-electron chi connectivity index (χ4n) is 1.47. The minimum absolute atomic E-state index is 0.156. The molecule has 6 heteroatoms. The molecular formula is C13H17BrN2O3. The first-order chi connectivity index (χ1) is 8.83. The molecule has 1 N–H and O–H groups in total. The van der Waals surface area contributed by atoms with Crippen LogP contribution in [0.5, 0.6) is 0 Å². The molecule has 0 saturated heterocycles. The van der Waals surface area contributed by atoms with Gasteiger partial charge in [0.2, 0.25) is 0 Å². The molecule has 0 unspecified atom stereocenters. The van der Waals surface area contributed by atoms with Crippen LogP contribution in [0.4, 0.5) is 4.79 Å². The first-order valence-electron chi connectivity index (χ1n) is 5.87. The highest BCUT2D eigenvalue weighted by atomic mass is 79.9. The van der Waals surface area contributed by atoms with Crippen molar-refractivity contribution in [2.24, 2.45) is 0 Å². The standard InChI is InChI=1S/C13H17BrN2O3/c1-13(2,3)19-12(18)16-10(6-8-17)9-5-4-7-15-11(9)14/h4-5,7-8,10H,6H2,1-3H3,(H,16,18)/t10-/m1/s1. The first kappa shape index (κ1) is 15.6. The molecule has 0 fully saturated rings. The SMILES string of the molecule is CC(C)(C)OC(=O)N[C@H](CC=O)c1cccnc1Br. The molecule has 1 rings (SSSR count). The highest BCUT2D eigenvalue weighted by Crippen LogP contribution is 2.23. The van der Waals surface area contributed by atoms with Gasteiger partial charge < -0.3 is 14.8 Å². The highest BCUT2D eigenvalue weighted by Gasteiger charge is 2.21. The third kappa shape index (κ3) is 5.38. The van der Waals surface area contributed by atoms with Crippen LogP contribution in [0.3, 0.4) is 0 Å². The van der Waals surface area contributed by atoms with Crippen LogP contribution in [0, 0.1) is 0 Å². The zero-order chi connectivity index (χ0) is 14.5. The van der Waals surface area contributed by atoms with Crippen molar-refractivity contribution < 1.29 is 14.3 Å². The summed E-state index contributed by atoms with van der Waals surface area (Å²) in [6.07, 6.45) is 1.97. The van der Waals surface area contributed by atoms with E-state index in [1.807, 2.05) is 0 Å². The number of aromatic nitrogens is 1. The second-order valence-electron chi connectivity index (χ2n) is 4.98. The lowest BCUT2D eigenvalue weighted by Gasteiger charge is -2.23. The van der Waals surface area contributed by atoms with Gasteiger partial charge in [-0.1, -0.05) is 6.07 Å². The van der Waals surface area contributed by atoms with E-state index < -0.39 is 17.7 Å². The minimum atomic E-state index is -0.581. The highest BCUT2D eigenvalue weighted by molar-refractivity contribution is 9.10. The topological polar surface area (TPSA) is 68.3 Å². The maximum absolute atomic E-state index is 11.7. The van der Waals surface area contributed by atoms with Crippen LogP contribution in [0.15, 0.2) is 22.9 Å². The second-order valence-corrected chi connectivity index (χ2v) is 5.74. The molecule has 1 aromatic rings. The first-order valence-corrected chi connectivity index (χ1v) is 6.66. The predicted octanol–water partition coefficient (Wildman–Crippen LogP) is 3.00. The van der Waals surface area contributed by atoms with E-state index in [2.05, 4.69) is 26.2 Å². The molecular weight excluding hydrogens is 312 g/mol. The normalized spacial score (nSPS) is 12.6. The molecule has 0 bridgehead atoms. The van der Waals surface area contributed by atoms with Crippen LogP contribution >= 0.6 is 15.9 Å². The van der Waals surface area contributed by atoms with Crippen molar-refractivity contribution in [2.75, 3.05) is 0 Å². The van der Waals surface area contributed by atoms with Gasteiger partial charge >= 0.3 is 6.09 Å². The van der Waals surface area contributed by atoms with Gasteiger partial charge in [0.05, 0.1) is 6.04 Å². The number of alkyl carbamates (subject to hydrolysis) is 1. The molecule has 0 saturated carbocycles. The van der Waals surface area contributed by atoms with E-state index in [0.717, 1.165) is 11.8 Å². The predicted molar refractivity (Wildman–Crippen MR) is 74.7 cm³/mol. The van der Waals surface area contributed by atoms with Crippen LogP contribution in [-0.2, 0) is 9.53 Å². The second kappa shape index (κ2) is 6.65. The van der Waals surface area contributed by atoms with Gasteiger partial charge in [0.1, 0.15) is 16.5 Å². The molecule has 1 atom stereocenters. The Bertz CT molecular complexity index is 457. The summed E-state index contributed by atoms with van der Waals surface area (Å²) < 4.78 is 5.77. The summed E-state index contributed by atoms with van der Waals surface area (Å²) in [4.78, 5) is 26.6. The monoisotopic (exact) mass is 328 g/mol. The van der Waals surface area contributed by atoms with E-state index in [9.17, 15) is 9.59 Å². The number of amides is 1. The number of carbonyl (C=O) groups excluding carboxylic acids is 2. The maximum Gasteiger partial charge on any atom is 0.408 e. The molecule has 1 heterocycles. The van der Waals surface area contributed by atoms with E-state index in [1.54, 1.807) is 39.1 Å². The smallest absolute Gasteiger partial charge is 0.408 e. The van der Waals surface area contributed by atoms with Gasteiger partial charge in [0.15, 0.2) is 0 Å². The van der Waals surface area contributed by atoms with Crippen molar-refractivity contribution in [2.45, 2.75) is 38.8 Å². The summed E-state index contributed by atoms with van der Waals surface area (Å²) in [5.41, 5.74) is 0.155. The third-order valence-electron chi connectivity index (χ3n) is 2.19. The Kier molecular flexibility index (Phi) is 5.47. The number of aldehydes is 1. The summed E-state index contributed by atoms with van der Waals surface area (Å²) in [5.74, 6) is 0. The summed E-state index contributed by atoms with van der Waals surface area (Å²) in [7, 11) is 0. The molecule has 104 valence electrons. The van der Waals surface area contributed by atoms with E-state index in [4.69, 9.17) is 4.74 Å². The van der Waals surface area contributed by atoms with Gasteiger partial charge in [-0.3, -0.25) is 0 Å². The minimum Gasteiger partial charge on any atom is -0.444 e. The quantitative estimate of drug-likeness (QED) is 0.681. The summed E-state index contributed by atoms with van der Waals surface area (Å²) in [5, 5.41) is 2.67. The Balaban J connectivity index is 2.82. The summed E-state index contributed by atoms with van der Waals surface area (Å²) in [6, 6.07) is 3.08. The van der Waals surface area contributed by atoms with Crippen molar-refractivity contribution in [3.63, 3.8) is 0 Å². The van der Waals surface area contributed by atoms with Crippen LogP contribution < -0.4 is 5.32 Å². The molecule has 0 radical (unpaired) electrons. The Morgan fingerprint density at radius 3 is 2.79 bits per heavy atom. The van der Waals surface area contributed by atoms with Crippen molar-refractivity contribution in [3.8, 4) is 0 Å². The fraction of sp³-hybridized carbons (Fsp3) is 0.462. The van der Waals surface area contributed by atoms with E-state index in [1.165, 1.54) is 0 Å². The molecule has 5 nitrogen and oxygen atoms in total. The van der Waals surface area contributed by atoms with Crippen LogP contribution in [0.1, 0.15) is 38.8 Å². The lowest BCUT2D eigenvalue weighted by atomic mass is 10.1. The van der Waals surface area contributed by atoms with Gasteiger partial charge in [-0.25, -0.2) is 9.78 Å². The maximum atomic E-state index is 11.7. The number of halogens is 1. The Labute approximate surface area is 120 Å². The van der Waals surface area contributed by atoms with Gasteiger partial charge in [0, 0.05) is 18.2 Å². The average molecular weight is 329 g/mol. The number of ether oxygens (including phenoxy) is 1. The lowest BCUT2D eigenvalue weighted by Crippen LogP contribution is -2.35. The van der Waals surface area contributed by atoms with Crippen LogP contribution in [-0.4, -0.2) is 23.0 Å². The van der Waals surface area contributed by atoms with Gasteiger partial charge in [-0.2, -0.15) is 0 Å². The van der Waals surface area contributed by atoms with Crippen molar-refractivity contribution in [3.05, 3.63) is 28.5 Å². The molecule has 19 heavy (non-hydrogen) atoms. The number of hydrogen-bond donors (Lipinski definition) is 1. The number of pyridine rings is 1. The Morgan fingerprint density at radius 2 is 2.26 bits per heavy atom. The molecule has 1 aromatic heterocycles. The fourth-order valence-corrected chi connectivity index (χ4v) is 1.99. The summed E-state index contributed by atoms with van der Waals surface area (Å²) >= 11 is 3.30.